The molecule has 166 valence electrons. The first-order chi connectivity index (χ1) is 15.4. The number of esters is 2. The number of rotatable bonds is 7. The van der Waals surface area contributed by atoms with Crippen LogP contribution in [-0.2, 0) is 28.7 Å². The van der Waals surface area contributed by atoms with E-state index in [1.807, 2.05) is 60.7 Å². The second kappa shape index (κ2) is 8.96. The number of Topliss-reactive ketones (excluding diaryl/α,β-unsaturated/α-hetero) is 1. The molecule has 1 unspecified atom stereocenters. The van der Waals surface area contributed by atoms with Crippen LogP contribution in [0.15, 0.2) is 60.7 Å². The molecule has 2 saturated heterocycles. The molecule has 0 bridgehead atoms. The zero-order valence-corrected chi connectivity index (χ0v) is 18.7. The van der Waals surface area contributed by atoms with Crippen LogP contribution < -0.4 is 0 Å². The number of halogens is 1. The van der Waals surface area contributed by atoms with E-state index in [9.17, 15) is 19.2 Å². The quantitative estimate of drug-likeness (QED) is 0.264. The Hall–Kier alpha value is -2.84. The molecule has 1 amide bonds. The van der Waals surface area contributed by atoms with E-state index in [1.54, 1.807) is 6.92 Å². The summed E-state index contributed by atoms with van der Waals surface area (Å²) in [5.74, 6) is -3.00. The molecule has 2 aromatic rings. The standard InChI is InChI=1S/C23H20ClNO6S/c1-23(13-30-16(26)12-24)19(25-20(28)17(27)21(25)32-23)22(29)31-18(14-8-4-2-5-9-14)15-10-6-3-7-11-15/h2-11,18-19,21H,12-13H2,1H3/t19-,21?,23-/m0/s1. The number of benzene rings is 2. The van der Waals surface area contributed by atoms with E-state index in [-0.39, 0.29) is 12.5 Å². The molecule has 32 heavy (non-hydrogen) atoms. The Morgan fingerprint density at radius 2 is 1.62 bits per heavy atom. The van der Waals surface area contributed by atoms with Crippen molar-refractivity contribution in [3.8, 4) is 0 Å². The van der Waals surface area contributed by atoms with Gasteiger partial charge in [-0.25, -0.2) is 4.79 Å². The van der Waals surface area contributed by atoms with E-state index in [2.05, 4.69) is 0 Å². The Labute approximate surface area is 194 Å². The van der Waals surface area contributed by atoms with Gasteiger partial charge in [-0.05, 0) is 18.1 Å². The minimum Gasteiger partial charge on any atom is -0.463 e. The molecule has 2 aliphatic heterocycles. The van der Waals surface area contributed by atoms with Crippen molar-refractivity contribution in [3.63, 3.8) is 0 Å². The Morgan fingerprint density at radius 3 is 2.16 bits per heavy atom. The molecule has 0 spiro atoms. The average Bonchev–Trinajstić information content (AvgIpc) is 3.12. The minimum atomic E-state index is -1.10. The highest BCUT2D eigenvalue weighted by Gasteiger charge is 2.66. The SMILES string of the molecule is C[C@@]1(COC(=O)CCl)SC2C(=O)C(=O)N2[C@H]1C(=O)OC(c1ccccc1)c1ccccc1. The van der Waals surface area contributed by atoms with Gasteiger partial charge in [-0.15, -0.1) is 23.4 Å². The lowest BCUT2D eigenvalue weighted by Crippen LogP contribution is -2.64. The molecule has 0 saturated carbocycles. The zero-order valence-electron chi connectivity index (χ0n) is 17.1. The van der Waals surface area contributed by atoms with Crippen LogP contribution in [0.5, 0.6) is 0 Å². The van der Waals surface area contributed by atoms with Crippen LogP contribution in [0.3, 0.4) is 0 Å². The summed E-state index contributed by atoms with van der Waals surface area (Å²) < 4.78 is 10.1. The van der Waals surface area contributed by atoms with E-state index < -0.39 is 45.9 Å². The number of hydrogen-bond acceptors (Lipinski definition) is 7. The van der Waals surface area contributed by atoms with E-state index >= 15 is 0 Å². The Balaban J connectivity index is 1.64. The molecule has 0 aromatic heterocycles. The van der Waals surface area contributed by atoms with Crippen molar-refractivity contribution in [2.24, 2.45) is 0 Å². The number of hydrogen-bond donors (Lipinski definition) is 0. The Bertz CT molecular complexity index is 1010. The van der Waals surface area contributed by atoms with Crippen molar-refractivity contribution >= 4 is 47.0 Å². The van der Waals surface area contributed by atoms with Gasteiger partial charge in [-0.3, -0.25) is 14.4 Å². The molecule has 0 N–H and O–H groups in total. The number of ether oxygens (including phenoxy) is 2. The van der Waals surface area contributed by atoms with Crippen molar-refractivity contribution in [2.45, 2.75) is 29.2 Å². The van der Waals surface area contributed by atoms with Crippen LogP contribution in [0.1, 0.15) is 24.2 Å². The van der Waals surface area contributed by atoms with E-state index in [4.69, 9.17) is 21.1 Å². The number of carbonyl (C=O) groups excluding carboxylic acids is 4. The van der Waals surface area contributed by atoms with Crippen molar-refractivity contribution in [3.05, 3.63) is 71.8 Å². The van der Waals surface area contributed by atoms with Crippen molar-refractivity contribution in [1.82, 2.24) is 4.90 Å². The predicted molar refractivity (Wildman–Crippen MR) is 118 cm³/mol. The fourth-order valence-electron chi connectivity index (χ4n) is 3.88. The van der Waals surface area contributed by atoms with E-state index in [1.165, 1.54) is 4.90 Å². The lowest BCUT2D eigenvalue weighted by molar-refractivity contribution is -0.169. The topological polar surface area (TPSA) is 90.0 Å². The number of amides is 1. The van der Waals surface area contributed by atoms with Crippen molar-refractivity contribution in [2.75, 3.05) is 12.5 Å². The summed E-state index contributed by atoms with van der Waals surface area (Å²) in [6, 6.07) is 17.4. The lowest BCUT2D eigenvalue weighted by Gasteiger charge is -2.36. The summed E-state index contributed by atoms with van der Waals surface area (Å²) in [5.41, 5.74) is 1.52. The second-order valence-corrected chi connectivity index (χ2v) is 9.58. The smallest absolute Gasteiger partial charge is 0.331 e. The van der Waals surface area contributed by atoms with Gasteiger partial charge in [0.1, 0.15) is 23.9 Å². The number of nitrogens with zero attached hydrogens (tertiary/aromatic N) is 1. The highest BCUT2D eigenvalue weighted by atomic mass is 35.5. The normalized spacial score (nSPS) is 24.2. The summed E-state index contributed by atoms with van der Waals surface area (Å²) in [4.78, 5) is 50.7. The first kappa shape index (κ1) is 22.4. The average molecular weight is 474 g/mol. The fraction of sp³-hybridized carbons (Fsp3) is 0.304. The number of thioether (sulfide) groups is 1. The molecule has 2 aliphatic rings. The molecule has 2 aromatic carbocycles. The summed E-state index contributed by atoms with van der Waals surface area (Å²) in [6.07, 6.45) is -0.712. The third kappa shape index (κ3) is 4.00. The summed E-state index contributed by atoms with van der Waals surface area (Å²) in [7, 11) is 0. The number of ketones is 1. The predicted octanol–water partition coefficient (Wildman–Crippen LogP) is 2.71. The van der Waals surface area contributed by atoms with E-state index in [0.717, 1.165) is 22.9 Å². The molecule has 0 radical (unpaired) electrons. The molecule has 2 heterocycles. The summed E-state index contributed by atoms with van der Waals surface area (Å²) in [5, 5.41) is -0.799. The second-order valence-electron chi connectivity index (χ2n) is 7.69. The fourth-order valence-corrected chi connectivity index (χ4v) is 5.47. The number of alkyl halides is 1. The van der Waals surface area contributed by atoms with Crippen LogP contribution in [0, 0.1) is 0 Å². The largest absolute Gasteiger partial charge is 0.463 e. The van der Waals surface area contributed by atoms with Gasteiger partial charge in [0.25, 0.3) is 11.7 Å². The molecule has 2 fully saturated rings. The lowest BCUT2D eigenvalue weighted by atomic mass is 9.96. The van der Waals surface area contributed by atoms with Crippen molar-refractivity contribution in [1.29, 1.82) is 0 Å². The van der Waals surface area contributed by atoms with Crippen LogP contribution in [0.25, 0.3) is 0 Å². The number of β-lactam (4-membered cyclic amide) rings is 1. The maximum atomic E-state index is 13.5. The molecule has 9 heteroatoms. The molecule has 7 nitrogen and oxygen atoms in total. The van der Waals surface area contributed by atoms with Gasteiger partial charge < -0.3 is 14.4 Å². The maximum Gasteiger partial charge on any atom is 0.331 e. The van der Waals surface area contributed by atoms with Gasteiger partial charge >= 0.3 is 11.9 Å². The monoisotopic (exact) mass is 473 g/mol. The van der Waals surface area contributed by atoms with E-state index in [0.29, 0.717) is 0 Å². The first-order valence-electron chi connectivity index (χ1n) is 9.92. The zero-order chi connectivity index (χ0) is 22.9. The minimum absolute atomic E-state index is 0.197. The van der Waals surface area contributed by atoms with Gasteiger partial charge in [0.15, 0.2) is 6.10 Å². The molecule has 0 aliphatic carbocycles. The van der Waals surface area contributed by atoms with Gasteiger partial charge in [-0.2, -0.15) is 0 Å². The number of fused-ring (bicyclic) bond motifs is 1. The molecule has 4 rings (SSSR count). The maximum absolute atomic E-state index is 13.5. The Morgan fingerprint density at radius 1 is 1.06 bits per heavy atom. The molecular formula is C23H20ClNO6S. The third-order valence-electron chi connectivity index (χ3n) is 5.45. The van der Waals surface area contributed by atoms with Gasteiger partial charge in [0.05, 0.1) is 4.75 Å². The summed E-state index contributed by atoms with van der Waals surface area (Å²) >= 11 is 6.63. The highest BCUT2D eigenvalue weighted by molar-refractivity contribution is 8.02. The highest BCUT2D eigenvalue weighted by Crippen LogP contribution is 2.50. The van der Waals surface area contributed by atoms with Gasteiger partial charge in [0.2, 0.25) is 0 Å². The summed E-state index contributed by atoms with van der Waals surface area (Å²) in [6.45, 7) is 1.47. The number of carbonyl (C=O) groups is 4. The van der Waals surface area contributed by atoms with Crippen LogP contribution in [0.4, 0.5) is 0 Å². The van der Waals surface area contributed by atoms with Crippen LogP contribution in [-0.4, -0.2) is 57.2 Å². The van der Waals surface area contributed by atoms with Crippen LogP contribution >= 0.6 is 23.4 Å². The van der Waals surface area contributed by atoms with Gasteiger partial charge in [0, 0.05) is 0 Å². The van der Waals surface area contributed by atoms with Gasteiger partial charge in [-0.1, -0.05) is 60.7 Å². The van der Waals surface area contributed by atoms with Crippen LogP contribution in [0.2, 0.25) is 0 Å². The molecular weight excluding hydrogens is 454 g/mol. The Kier molecular flexibility index (Phi) is 6.26. The third-order valence-corrected chi connectivity index (χ3v) is 7.21. The van der Waals surface area contributed by atoms with Crippen molar-refractivity contribution < 1.29 is 28.7 Å². The first-order valence-corrected chi connectivity index (χ1v) is 11.3. The molecule has 3 atom stereocenters.